The number of aldehydes is 1. The predicted molar refractivity (Wildman–Crippen MR) is 41.8 cm³/mol. The highest BCUT2D eigenvalue weighted by Crippen LogP contribution is 2.40. The van der Waals surface area contributed by atoms with Crippen molar-refractivity contribution in [3.63, 3.8) is 0 Å². The number of halogens is 5. The van der Waals surface area contributed by atoms with Crippen molar-refractivity contribution >= 4 is 17.4 Å². The molecule has 0 bridgehead atoms. The van der Waals surface area contributed by atoms with Gasteiger partial charge in [0, 0.05) is 11.1 Å². The van der Waals surface area contributed by atoms with Gasteiger partial charge in [-0.2, -0.15) is 27.1 Å². The molecule has 0 saturated heterocycles. The lowest BCUT2D eigenvalue weighted by molar-refractivity contribution is -0.143. The Morgan fingerprint density at radius 1 is 1.29 bits per heavy atom. The Balaban J connectivity index is 3.54. The maximum absolute atomic E-state index is 13.0. The van der Waals surface area contributed by atoms with Gasteiger partial charge >= 0.3 is 11.4 Å². The summed E-state index contributed by atoms with van der Waals surface area (Å²) < 4.78 is 83.2. The molecule has 0 aliphatic carbocycles. The molecule has 0 radical (unpaired) electrons. The molecule has 0 saturated carbocycles. The summed E-state index contributed by atoms with van der Waals surface area (Å²) in [7, 11) is 0. The Morgan fingerprint density at radius 3 is 2.18 bits per heavy atom. The Labute approximate surface area is 92.3 Å². The third-order valence-electron chi connectivity index (χ3n) is 1.69. The smallest absolute Gasteiger partial charge is 0.433 e. The van der Waals surface area contributed by atoms with Crippen molar-refractivity contribution < 1.29 is 35.5 Å². The van der Waals surface area contributed by atoms with Gasteiger partial charge in [-0.1, -0.05) is 0 Å². The van der Waals surface area contributed by atoms with Crippen molar-refractivity contribution in [2.24, 2.45) is 0 Å². The molecule has 0 spiro atoms. The highest BCUT2D eigenvalue weighted by atomic mass is 32.2. The number of aromatic nitrogens is 2. The minimum atomic E-state index is -5.29. The first kappa shape index (κ1) is 13.7. The molecule has 0 amide bonds. The van der Waals surface area contributed by atoms with Crippen LogP contribution in [0.2, 0.25) is 0 Å². The van der Waals surface area contributed by atoms with E-state index in [2.05, 4.69) is 5.10 Å². The number of hydrogen-bond donors (Lipinski definition) is 1. The Bertz CT molecular complexity index is 469. The van der Waals surface area contributed by atoms with Gasteiger partial charge in [-0.25, -0.2) is 0 Å². The maximum atomic E-state index is 13.0. The minimum absolute atomic E-state index is 0.401. The van der Waals surface area contributed by atoms with E-state index in [9.17, 15) is 35.5 Å². The van der Waals surface area contributed by atoms with Gasteiger partial charge in [0.25, 0.3) is 0 Å². The van der Waals surface area contributed by atoms with Crippen LogP contribution in [0.1, 0.15) is 21.7 Å². The molecule has 1 atom stereocenters. The predicted octanol–water partition coefficient (Wildman–Crippen LogP) is 1.17. The standard InChI is InChI=1S/C6H3F5N2O3S/c7-5(8,9)4-3(2(1-14)12-13-4)6(10,11)17(15)16/h1H,(H,12,13)(H,15,16)/p-1. The van der Waals surface area contributed by atoms with Crippen LogP contribution in [0.15, 0.2) is 0 Å². The van der Waals surface area contributed by atoms with Crippen LogP contribution >= 0.6 is 0 Å². The number of nitrogens with zero attached hydrogens (tertiary/aromatic N) is 1. The molecule has 0 aliphatic heterocycles. The summed E-state index contributed by atoms with van der Waals surface area (Å²) in [5, 5.41) is -1.02. The van der Waals surface area contributed by atoms with Crippen molar-refractivity contribution in [3.05, 3.63) is 17.0 Å². The Morgan fingerprint density at radius 2 is 1.82 bits per heavy atom. The second kappa shape index (κ2) is 4.14. The fourth-order valence-electron chi connectivity index (χ4n) is 1.02. The van der Waals surface area contributed by atoms with Crippen LogP contribution < -0.4 is 0 Å². The van der Waals surface area contributed by atoms with E-state index in [1.54, 1.807) is 0 Å². The van der Waals surface area contributed by atoms with Gasteiger partial charge in [0.15, 0.2) is 12.0 Å². The molecule has 1 heterocycles. The third-order valence-corrected chi connectivity index (χ3v) is 2.31. The van der Waals surface area contributed by atoms with Crippen LogP contribution in [0.3, 0.4) is 0 Å². The molecule has 5 nitrogen and oxygen atoms in total. The quantitative estimate of drug-likeness (QED) is 0.510. The normalized spacial score (nSPS) is 14.7. The van der Waals surface area contributed by atoms with Crippen LogP contribution in [0.25, 0.3) is 0 Å². The lowest BCUT2D eigenvalue weighted by atomic mass is 10.2. The number of alkyl halides is 5. The maximum Gasteiger partial charge on any atom is 0.433 e. The van der Waals surface area contributed by atoms with E-state index in [1.165, 1.54) is 5.10 Å². The highest BCUT2D eigenvalue weighted by Gasteiger charge is 2.48. The molecule has 11 heteroatoms. The second-order valence-electron chi connectivity index (χ2n) is 2.73. The van der Waals surface area contributed by atoms with Gasteiger partial charge in [-0.05, 0) is 0 Å². The van der Waals surface area contributed by atoms with Crippen molar-refractivity contribution in [3.8, 4) is 0 Å². The Hall–Kier alpha value is -1.36. The number of nitrogens with one attached hydrogen (secondary N) is 1. The fraction of sp³-hybridized carbons (Fsp3) is 0.333. The summed E-state index contributed by atoms with van der Waals surface area (Å²) in [6.07, 6.45) is -5.69. The SMILES string of the molecule is O=Cc1n[nH]c(C(F)(F)F)c1C(F)(F)S(=O)[O-]. The topological polar surface area (TPSA) is 85.9 Å². The molecule has 0 fully saturated rings. The van der Waals surface area contributed by atoms with E-state index in [1.807, 2.05) is 0 Å². The number of carbonyl (C=O) groups is 1. The second-order valence-corrected chi connectivity index (χ2v) is 3.71. The molecule has 0 aromatic carbocycles. The molecule has 1 aromatic rings. The van der Waals surface area contributed by atoms with Gasteiger partial charge in [-0.15, -0.1) is 0 Å². The van der Waals surface area contributed by atoms with Crippen LogP contribution in [0.4, 0.5) is 22.0 Å². The first-order valence-electron chi connectivity index (χ1n) is 3.70. The number of rotatable bonds is 3. The Kier molecular flexibility index (Phi) is 3.34. The molecule has 1 aromatic heterocycles. The van der Waals surface area contributed by atoms with Crippen LogP contribution in [-0.2, 0) is 22.5 Å². The van der Waals surface area contributed by atoms with E-state index in [-0.39, 0.29) is 0 Å². The summed E-state index contributed by atoms with van der Waals surface area (Å²) in [5.41, 5.74) is -5.39. The fourth-order valence-corrected chi connectivity index (χ4v) is 1.40. The van der Waals surface area contributed by atoms with E-state index >= 15 is 0 Å². The number of H-pyrrole nitrogens is 1. The summed E-state index contributed by atoms with van der Waals surface area (Å²) in [6.45, 7) is 0. The molecule has 1 N–H and O–H groups in total. The average Bonchev–Trinajstić information content (AvgIpc) is 2.60. The zero-order valence-electron chi connectivity index (χ0n) is 7.55. The highest BCUT2D eigenvalue weighted by molar-refractivity contribution is 7.79. The molecular formula is C6H2F5N2O3S-. The monoisotopic (exact) mass is 277 g/mol. The van der Waals surface area contributed by atoms with E-state index in [0.29, 0.717) is 0 Å². The van der Waals surface area contributed by atoms with Gasteiger partial charge in [0.2, 0.25) is 0 Å². The van der Waals surface area contributed by atoms with Gasteiger partial charge < -0.3 is 4.55 Å². The van der Waals surface area contributed by atoms with Gasteiger partial charge in [0.05, 0.1) is 5.56 Å². The molecular weight excluding hydrogens is 275 g/mol. The summed E-state index contributed by atoms with van der Waals surface area (Å²) in [4.78, 5) is 10.3. The van der Waals surface area contributed by atoms with Crippen molar-refractivity contribution in [1.29, 1.82) is 0 Å². The van der Waals surface area contributed by atoms with Gasteiger partial charge in [-0.3, -0.25) is 14.1 Å². The number of aromatic amines is 1. The van der Waals surface area contributed by atoms with Crippen molar-refractivity contribution in [1.82, 2.24) is 10.2 Å². The molecule has 96 valence electrons. The summed E-state index contributed by atoms with van der Waals surface area (Å²) >= 11 is -4.16. The number of carbonyl (C=O) groups excluding carboxylic acids is 1. The average molecular weight is 277 g/mol. The largest absolute Gasteiger partial charge is 0.768 e. The van der Waals surface area contributed by atoms with Gasteiger partial charge in [0.1, 0.15) is 5.69 Å². The van der Waals surface area contributed by atoms with Crippen molar-refractivity contribution in [2.75, 3.05) is 0 Å². The summed E-state index contributed by atoms with van der Waals surface area (Å²) in [5.74, 6) is 0. The number of hydrogen-bond acceptors (Lipinski definition) is 4. The first-order chi connectivity index (χ1) is 7.62. The molecule has 1 rings (SSSR count). The van der Waals surface area contributed by atoms with Crippen LogP contribution in [0.5, 0.6) is 0 Å². The first-order valence-corrected chi connectivity index (χ1v) is 4.78. The van der Waals surface area contributed by atoms with Crippen LogP contribution in [-0.4, -0.2) is 25.2 Å². The summed E-state index contributed by atoms with van der Waals surface area (Å²) in [6, 6.07) is 0. The lowest BCUT2D eigenvalue weighted by Crippen LogP contribution is -2.25. The van der Waals surface area contributed by atoms with E-state index in [4.69, 9.17) is 0 Å². The molecule has 1 unspecified atom stereocenters. The lowest BCUT2D eigenvalue weighted by Gasteiger charge is -2.20. The van der Waals surface area contributed by atoms with Crippen LogP contribution in [0, 0.1) is 0 Å². The molecule has 17 heavy (non-hydrogen) atoms. The van der Waals surface area contributed by atoms with E-state index in [0.717, 1.165) is 0 Å². The third kappa shape index (κ3) is 2.34. The van der Waals surface area contributed by atoms with E-state index < -0.39 is 45.7 Å². The van der Waals surface area contributed by atoms with Crippen molar-refractivity contribution in [2.45, 2.75) is 11.4 Å². The minimum Gasteiger partial charge on any atom is -0.768 e. The zero-order valence-corrected chi connectivity index (χ0v) is 8.36. The zero-order chi connectivity index (χ0) is 13.4. The molecule has 0 aliphatic rings.